The van der Waals surface area contributed by atoms with Gasteiger partial charge in [0.15, 0.2) is 0 Å². The third-order valence-corrected chi connectivity index (χ3v) is 4.88. The van der Waals surface area contributed by atoms with Crippen LogP contribution < -0.4 is 0 Å². The number of hydrogen-bond donors (Lipinski definition) is 2. The van der Waals surface area contributed by atoms with Crippen LogP contribution in [0.2, 0.25) is 0 Å². The molecule has 0 aliphatic carbocycles. The SMILES string of the molecule is O=C(O)[C@@H](Cc1cnc[nH]1)N1C(=O)[C@@H]2[C@H](C1=O)[C@H]1CC[C@@H]2O1. The minimum absolute atomic E-state index is 0.0302. The summed E-state index contributed by atoms with van der Waals surface area (Å²) >= 11 is 0. The molecule has 0 spiro atoms. The average Bonchev–Trinajstić information content (AvgIpc) is 3.23. The first kappa shape index (κ1) is 13.4. The number of likely N-dealkylation sites (tertiary alicyclic amines) is 1. The van der Waals surface area contributed by atoms with Crippen molar-refractivity contribution in [1.82, 2.24) is 14.9 Å². The average molecular weight is 305 g/mol. The molecule has 2 N–H and O–H groups in total. The van der Waals surface area contributed by atoms with Crippen molar-refractivity contribution < 1.29 is 24.2 Å². The quantitative estimate of drug-likeness (QED) is 0.730. The molecule has 8 nitrogen and oxygen atoms in total. The Hall–Kier alpha value is -2.22. The van der Waals surface area contributed by atoms with Gasteiger partial charge in [-0.3, -0.25) is 14.5 Å². The van der Waals surface area contributed by atoms with E-state index in [9.17, 15) is 19.5 Å². The van der Waals surface area contributed by atoms with Crippen molar-refractivity contribution in [2.24, 2.45) is 11.8 Å². The lowest BCUT2D eigenvalue weighted by molar-refractivity contribution is -0.156. The number of hydrogen-bond acceptors (Lipinski definition) is 5. The number of ether oxygens (including phenoxy) is 1. The molecule has 4 heterocycles. The van der Waals surface area contributed by atoms with Crippen molar-refractivity contribution in [3.63, 3.8) is 0 Å². The lowest BCUT2D eigenvalue weighted by atomic mass is 9.81. The maximum atomic E-state index is 12.6. The minimum Gasteiger partial charge on any atom is -0.480 e. The zero-order valence-corrected chi connectivity index (χ0v) is 11.6. The van der Waals surface area contributed by atoms with Crippen LogP contribution >= 0.6 is 0 Å². The van der Waals surface area contributed by atoms with E-state index in [0.717, 1.165) is 17.7 Å². The number of imide groups is 1. The fraction of sp³-hybridized carbons (Fsp3) is 0.571. The highest BCUT2D eigenvalue weighted by molar-refractivity contribution is 6.08. The molecule has 1 aromatic rings. The van der Waals surface area contributed by atoms with E-state index in [4.69, 9.17) is 4.74 Å². The highest BCUT2D eigenvalue weighted by atomic mass is 16.5. The number of carbonyl (C=O) groups excluding carboxylic acids is 2. The first-order valence-corrected chi connectivity index (χ1v) is 7.30. The Morgan fingerprint density at radius 3 is 2.50 bits per heavy atom. The number of aliphatic carboxylic acids is 1. The molecular weight excluding hydrogens is 290 g/mol. The number of imidazole rings is 1. The van der Waals surface area contributed by atoms with Crippen LogP contribution in [0.15, 0.2) is 12.5 Å². The summed E-state index contributed by atoms with van der Waals surface area (Å²) in [6.07, 6.45) is 4.01. The Balaban J connectivity index is 1.64. The Morgan fingerprint density at radius 1 is 1.36 bits per heavy atom. The van der Waals surface area contributed by atoms with E-state index in [0.29, 0.717) is 5.69 Å². The van der Waals surface area contributed by atoms with Gasteiger partial charge >= 0.3 is 5.97 Å². The van der Waals surface area contributed by atoms with Gasteiger partial charge in [-0.25, -0.2) is 9.78 Å². The molecule has 22 heavy (non-hydrogen) atoms. The van der Waals surface area contributed by atoms with E-state index >= 15 is 0 Å². The van der Waals surface area contributed by atoms with Crippen LogP contribution in [0.1, 0.15) is 18.5 Å². The summed E-state index contributed by atoms with van der Waals surface area (Å²) in [7, 11) is 0. The van der Waals surface area contributed by atoms with Gasteiger partial charge in [-0.1, -0.05) is 0 Å². The van der Waals surface area contributed by atoms with Crippen molar-refractivity contribution >= 4 is 17.8 Å². The van der Waals surface area contributed by atoms with Crippen molar-refractivity contribution in [3.8, 4) is 0 Å². The van der Waals surface area contributed by atoms with Crippen LogP contribution in [0.25, 0.3) is 0 Å². The van der Waals surface area contributed by atoms with Crippen LogP contribution in [0.3, 0.4) is 0 Å². The summed E-state index contributed by atoms with van der Waals surface area (Å²) < 4.78 is 5.64. The molecule has 116 valence electrons. The van der Waals surface area contributed by atoms with Gasteiger partial charge in [-0.2, -0.15) is 0 Å². The molecule has 2 bridgehead atoms. The molecule has 1 aromatic heterocycles. The van der Waals surface area contributed by atoms with Crippen LogP contribution in [-0.2, 0) is 25.5 Å². The van der Waals surface area contributed by atoms with Gasteiger partial charge in [0.2, 0.25) is 11.8 Å². The summed E-state index contributed by atoms with van der Waals surface area (Å²) in [6.45, 7) is 0. The highest BCUT2D eigenvalue weighted by Gasteiger charge is 2.63. The van der Waals surface area contributed by atoms with Gasteiger partial charge in [0.25, 0.3) is 0 Å². The molecule has 3 saturated heterocycles. The Labute approximate surface area is 125 Å². The Kier molecular flexibility index (Phi) is 2.83. The first-order valence-electron chi connectivity index (χ1n) is 7.30. The van der Waals surface area contributed by atoms with Gasteiger partial charge in [-0.15, -0.1) is 0 Å². The predicted molar refractivity (Wildman–Crippen MR) is 70.4 cm³/mol. The third-order valence-electron chi connectivity index (χ3n) is 4.88. The smallest absolute Gasteiger partial charge is 0.327 e. The molecule has 0 radical (unpaired) electrons. The maximum absolute atomic E-state index is 12.6. The number of carboxylic acids is 1. The van der Waals surface area contributed by atoms with Crippen molar-refractivity contribution in [2.75, 3.05) is 0 Å². The summed E-state index contributed by atoms with van der Waals surface area (Å²) in [6, 6.07) is -1.20. The lowest BCUT2D eigenvalue weighted by Crippen LogP contribution is -2.48. The van der Waals surface area contributed by atoms with Crippen molar-refractivity contribution in [1.29, 1.82) is 0 Å². The first-order chi connectivity index (χ1) is 10.6. The maximum Gasteiger partial charge on any atom is 0.327 e. The normalized spacial score (nSPS) is 34.3. The number of nitrogens with zero attached hydrogens (tertiary/aromatic N) is 2. The van der Waals surface area contributed by atoms with E-state index < -0.39 is 35.7 Å². The molecule has 0 aromatic carbocycles. The largest absolute Gasteiger partial charge is 0.480 e. The molecule has 8 heteroatoms. The summed E-state index contributed by atoms with van der Waals surface area (Å²) in [5.74, 6) is -3.02. The van der Waals surface area contributed by atoms with Gasteiger partial charge in [0.05, 0.1) is 30.4 Å². The zero-order chi connectivity index (χ0) is 15.4. The van der Waals surface area contributed by atoms with Crippen LogP contribution in [0, 0.1) is 11.8 Å². The zero-order valence-electron chi connectivity index (χ0n) is 11.6. The molecule has 3 aliphatic rings. The highest BCUT2D eigenvalue weighted by Crippen LogP contribution is 2.49. The number of aromatic nitrogens is 2. The van der Waals surface area contributed by atoms with E-state index in [2.05, 4.69) is 9.97 Å². The minimum atomic E-state index is -1.20. The Bertz CT molecular complexity index is 615. The molecular formula is C14H15N3O5. The van der Waals surface area contributed by atoms with Gasteiger partial charge in [0, 0.05) is 18.3 Å². The van der Waals surface area contributed by atoms with Gasteiger partial charge in [0.1, 0.15) is 6.04 Å². The summed E-state index contributed by atoms with van der Waals surface area (Å²) in [5.41, 5.74) is 0.573. The molecule has 0 saturated carbocycles. The van der Waals surface area contributed by atoms with Crippen LogP contribution in [0.4, 0.5) is 0 Å². The molecule has 2 amide bonds. The van der Waals surface area contributed by atoms with Crippen LogP contribution in [0.5, 0.6) is 0 Å². The second-order valence-electron chi connectivity index (χ2n) is 6.02. The number of carboxylic acid groups (broad SMARTS) is 1. The molecule has 4 rings (SSSR count). The molecule has 3 aliphatic heterocycles. The monoisotopic (exact) mass is 305 g/mol. The number of nitrogens with one attached hydrogen (secondary N) is 1. The van der Waals surface area contributed by atoms with E-state index in [-0.39, 0.29) is 18.6 Å². The summed E-state index contributed by atoms with van der Waals surface area (Å²) in [4.78, 5) is 44.4. The van der Waals surface area contributed by atoms with E-state index in [1.165, 1.54) is 12.5 Å². The van der Waals surface area contributed by atoms with Crippen molar-refractivity contribution in [3.05, 3.63) is 18.2 Å². The van der Waals surface area contributed by atoms with Gasteiger partial charge in [-0.05, 0) is 12.8 Å². The number of amides is 2. The topological polar surface area (TPSA) is 113 Å². The second kappa shape index (κ2) is 4.64. The number of H-pyrrole nitrogens is 1. The molecule has 0 unspecified atom stereocenters. The van der Waals surface area contributed by atoms with Crippen molar-refractivity contribution in [2.45, 2.75) is 37.5 Å². The number of carbonyl (C=O) groups is 3. The number of aromatic amines is 1. The van der Waals surface area contributed by atoms with Gasteiger partial charge < -0.3 is 14.8 Å². The third kappa shape index (κ3) is 1.73. The Morgan fingerprint density at radius 2 is 2.00 bits per heavy atom. The second-order valence-corrected chi connectivity index (χ2v) is 6.02. The predicted octanol–water partition coefficient (Wildman–Crippen LogP) is -0.432. The molecule has 3 fully saturated rings. The summed E-state index contributed by atoms with van der Waals surface area (Å²) in [5, 5.41) is 9.47. The standard InChI is InChI=1S/C14H15N3O5/c18-12-10-8-1-2-9(22-8)11(10)13(19)17(12)7(14(20)21)3-6-4-15-5-16-6/h4-5,7-11H,1-3H2,(H,15,16)(H,20,21)/t7-,8-,9+,10-,11+/m1/s1. The van der Waals surface area contributed by atoms with Crippen LogP contribution in [-0.4, -0.2) is 56.0 Å². The molecule has 5 atom stereocenters. The number of fused-ring (bicyclic) bond motifs is 5. The van der Waals surface area contributed by atoms with E-state index in [1.54, 1.807) is 0 Å². The fourth-order valence-electron chi connectivity index (χ4n) is 3.94. The van der Waals surface area contributed by atoms with E-state index in [1.807, 2.05) is 0 Å². The number of rotatable bonds is 4. The lowest BCUT2D eigenvalue weighted by Gasteiger charge is -2.24. The fourth-order valence-corrected chi connectivity index (χ4v) is 3.94.